The topological polar surface area (TPSA) is 12.0 Å². The standard InChI is InChI=1S/C19H31N/c1-6-14-19(16(3)4,20-7-2)15-10-13-18-12-9-8-11-17(18)5/h8-9,11-12,20H,3,6-7,10,13-15H2,1-2,4-5H3. The molecule has 0 fully saturated rings. The SMILES string of the molecule is C=C(C)C(CCC)(CCCc1ccccc1C)NCC. The quantitative estimate of drug-likeness (QED) is 0.621. The summed E-state index contributed by atoms with van der Waals surface area (Å²) in [5.41, 5.74) is 4.31. The molecule has 0 bridgehead atoms. The van der Waals surface area contributed by atoms with Crippen LogP contribution in [0.25, 0.3) is 0 Å². The van der Waals surface area contributed by atoms with E-state index in [2.05, 4.69) is 63.9 Å². The van der Waals surface area contributed by atoms with Crippen LogP contribution in [0, 0.1) is 6.92 Å². The van der Waals surface area contributed by atoms with Gasteiger partial charge in [0.15, 0.2) is 0 Å². The fraction of sp³-hybridized carbons (Fsp3) is 0.579. The number of likely N-dealkylation sites (N-methyl/N-ethyl adjacent to an activating group) is 1. The maximum atomic E-state index is 4.25. The van der Waals surface area contributed by atoms with Gasteiger partial charge in [0.1, 0.15) is 0 Å². The molecule has 1 atom stereocenters. The smallest absolute Gasteiger partial charge is 0.0388 e. The van der Waals surface area contributed by atoms with E-state index in [9.17, 15) is 0 Å². The molecule has 0 spiro atoms. The van der Waals surface area contributed by atoms with Crippen molar-refractivity contribution in [1.29, 1.82) is 0 Å². The molecular weight excluding hydrogens is 242 g/mol. The Morgan fingerprint density at radius 2 is 1.90 bits per heavy atom. The van der Waals surface area contributed by atoms with Gasteiger partial charge in [-0.2, -0.15) is 0 Å². The highest BCUT2D eigenvalue weighted by atomic mass is 15.0. The maximum absolute atomic E-state index is 4.25. The number of hydrogen-bond acceptors (Lipinski definition) is 1. The summed E-state index contributed by atoms with van der Waals surface area (Å²) in [5.74, 6) is 0. The molecule has 0 saturated carbocycles. The summed E-state index contributed by atoms with van der Waals surface area (Å²) < 4.78 is 0. The third kappa shape index (κ3) is 4.49. The molecule has 0 radical (unpaired) electrons. The zero-order valence-corrected chi connectivity index (χ0v) is 13.8. The Labute approximate surface area is 125 Å². The van der Waals surface area contributed by atoms with Crippen LogP contribution in [0.15, 0.2) is 36.4 Å². The van der Waals surface area contributed by atoms with E-state index in [0.717, 1.165) is 13.0 Å². The molecule has 0 heterocycles. The molecule has 1 nitrogen and oxygen atoms in total. The summed E-state index contributed by atoms with van der Waals surface area (Å²) in [6.07, 6.45) is 5.94. The highest BCUT2D eigenvalue weighted by Gasteiger charge is 2.28. The third-order valence-corrected chi connectivity index (χ3v) is 4.32. The number of rotatable bonds is 9. The minimum absolute atomic E-state index is 0.131. The van der Waals surface area contributed by atoms with Gasteiger partial charge in [-0.15, -0.1) is 0 Å². The molecule has 112 valence electrons. The molecular formula is C19H31N. The Hall–Kier alpha value is -1.08. The van der Waals surface area contributed by atoms with E-state index in [1.54, 1.807) is 0 Å². The van der Waals surface area contributed by atoms with E-state index in [0.29, 0.717) is 0 Å². The first-order valence-electron chi connectivity index (χ1n) is 8.01. The first-order valence-corrected chi connectivity index (χ1v) is 8.01. The molecule has 0 aliphatic heterocycles. The summed E-state index contributed by atoms with van der Waals surface area (Å²) >= 11 is 0. The lowest BCUT2D eigenvalue weighted by Gasteiger charge is -2.36. The lowest BCUT2D eigenvalue weighted by atomic mass is 9.81. The number of aryl methyl sites for hydroxylation is 2. The van der Waals surface area contributed by atoms with Crippen molar-refractivity contribution in [2.75, 3.05) is 6.54 Å². The van der Waals surface area contributed by atoms with Gasteiger partial charge >= 0.3 is 0 Å². The van der Waals surface area contributed by atoms with Gasteiger partial charge in [-0.25, -0.2) is 0 Å². The predicted octanol–water partition coefficient (Wildman–Crippen LogP) is 5.04. The average Bonchev–Trinajstić information content (AvgIpc) is 2.41. The van der Waals surface area contributed by atoms with Crippen molar-refractivity contribution in [3.05, 3.63) is 47.5 Å². The lowest BCUT2D eigenvalue weighted by Crippen LogP contribution is -2.46. The summed E-state index contributed by atoms with van der Waals surface area (Å²) in [5, 5.41) is 3.70. The van der Waals surface area contributed by atoms with E-state index < -0.39 is 0 Å². The van der Waals surface area contributed by atoms with Crippen molar-refractivity contribution in [1.82, 2.24) is 5.32 Å². The van der Waals surface area contributed by atoms with Crippen LogP contribution in [0.4, 0.5) is 0 Å². The average molecular weight is 273 g/mol. The maximum Gasteiger partial charge on any atom is 0.0388 e. The van der Waals surface area contributed by atoms with Gasteiger partial charge < -0.3 is 5.32 Å². The summed E-state index contributed by atoms with van der Waals surface area (Å²) in [4.78, 5) is 0. The van der Waals surface area contributed by atoms with Gasteiger partial charge in [-0.3, -0.25) is 0 Å². The molecule has 0 aliphatic carbocycles. The molecule has 0 amide bonds. The molecule has 0 aromatic heterocycles. The Balaban J connectivity index is 2.67. The Kier molecular flexibility index (Phi) is 7.01. The minimum Gasteiger partial charge on any atom is -0.308 e. The molecule has 1 rings (SSSR count). The normalized spacial score (nSPS) is 14.0. The van der Waals surface area contributed by atoms with E-state index >= 15 is 0 Å². The van der Waals surface area contributed by atoms with Crippen LogP contribution in [0.2, 0.25) is 0 Å². The van der Waals surface area contributed by atoms with Crippen molar-refractivity contribution in [3.63, 3.8) is 0 Å². The van der Waals surface area contributed by atoms with Crippen molar-refractivity contribution >= 4 is 0 Å². The Bertz CT molecular complexity index is 414. The fourth-order valence-electron chi connectivity index (χ4n) is 3.12. The van der Waals surface area contributed by atoms with Crippen LogP contribution in [-0.4, -0.2) is 12.1 Å². The van der Waals surface area contributed by atoms with Gasteiger partial charge in [0.2, 0.25) is 0 Å². The number of hydrogen-bond donors (Lipinski definition) is 1. The molecule has 1 unspecified atom stereocenters. The Morgan fingerprint density at radius 3 is 2.45 bits per heavy atom. The number of nitrogens with one attached hydrogen (secondary N) is 1. The molecule has 0 aliphatic rings. The molecule has 1 heteroatoms. The van der Waals surface area contributed by atoms with E-state index in [4.69, 9.17) is 0 Å². The second kappa shape index (κ2) is 8.26. The van der Waals surface area contributed by atoms with Crippen LogP contribution in [0.5, 0.6) is 0 Å². The van der Waals surface area contributed by atoms with E-state index in [1.165, 1.54) is 42.4 Å². The molecule has 1 aromatic rings. The van der Waals surface area contributed by atoms with Gasteiger partial charge in [0.25, 0.3) is 0 Å². The van der Waals surface area contributed by atoms with E-state index in [1.807, 2.05) is 0 Å². The van der Waals surface area contributed by atoms with Crippen LogP contribution >= 0.6 is 0 Å². The first kappa shape index (κ1) is 17.0. The summed E-state index contributed by atoms with van der Waals surface area (Å²) in [6.45, 7) is 14.1. The fourth-order valence-corrected chi connectivity index (χ4v) is 3.12. The second-order valence-electron chi connectivity index (χ2n) is 5.92. The van der Waals surface area contributed by atoms with Crippen LogP contribution in [-0.2, 0) is 6.42 Å². The van der Waals surface area contributed by atoms with Gasteiger partial charge in [-0.05, 0) is 57.2 Å². The minimum atomic E-state index is 0.131. The zero-order valence-electron chi connectivity index (χ0n) is 13.8. The molecule has 1 aromatic carbocycles. The van der Waals surface area contributed by atoms with Crippen molar-refractivity contribution in [2.24, 2.45) is 0 Å². The van der Waals surface area contributed by atoms with Crippen molar-refractivity contribution in [3.8, 4) is 0 Å². The van der Waals surface area contributed by atoms with E-state index in [-0.39, 0.29) is 5.54 Å². The predicted molar refractivity (Wildman–Crippen MR) is 90.2 cm³/mol. The first-order chi connectivity index (χ1) is 9.55. The second-order valence-corrected chi connectivity index (χ2v) is 5.92. The third-order valence-electron chi connectivity index (χ3n) is 4.32. The van der Waals surface area contributed by atoms with Crippen LogP contribution < -0.4 is 5.32 Å². The molecule has 1 N–H and O–H groups in total. The monoisotopic (exact) mass is 273 g/mol. The van der Waals surface area contributed by atoms with Crippen LogP contribution in [0.3, 0.4) is 0 Å². The van der Waals surface area contributed by atoms with Crippen LogP contribution in [0.1, 0.15) is 57.6 Å². The van der Waals surface area contributed by atoms with Crippen molar-refractivity contribution in [2.45, 2.75) is 65.3 Å². The highest BCUT2D eigenvalue weighted by molar-refractivity contribution is 5.25. The largest absolute Gasteiger partial charge is 0.308 e. The van der Waals surface area contributed by atoms with Gasteiger partial charge in [0, 0.05) is 5.54 Å². The zero-order chi connectivity index (χ0) is 15.0. The van der Waals surface area contributed by atoms with Crippen molar-refractivity contribution < 1.29 is 0 Å². The Morgan fingerprint density at radius 1 is 1.20 bits per heavy atom. The molecule has 0 saturated heterocycles. The number of benzene rings is 1. The lowest BCUT2D eigenvalue weighted by molar-refractivity contribution is 0.328. The summed E-state index contributed by atoms with van der Waals surface area (Å²) in [7, 11) is 0. The van der Waals surface area contributed by atoms with Gasteiger partial charge in [0.05, 0.1) is 0 Å². The molecule has 20 heavy (non-hydrogen) atoms. The highest BCUT2D eigenvalue weighted by Crippen LogP contribution is 2.28. The summed E-state index contributed by atoms with van der Waals surface area (Å²) in [6, 6.07) is 8.72. The van der Waals surface area contributed by atoms with Gasteiger partial charge in [-0.1, -0.05) is 56.7 Å².